The van der Waals surface area contributed by atoms with Crippen LogP contribution in [0.1, 0.15) is 5.82 Å². The molecule has 0 atom stereocenters. The standard InChI is InChI=1S/C11H10N4S2/c1-6-13-10(15-12)9-7(5-17-11(9)14-6)8-3-2-4-16-8/h2-5H,12H2,1H3,(H,13,14,15). The van der Waals surface area contributed by atoms with Crippen molar-refractivity contribution in [2.24, 2.45) is 5.84 Å². The van der Waals surface area contributed by atoms with Crippen molar-refractivity contribution in [1.29, 1.82) is 0 Å². The van der Waals surface area contributed by atoms with Gasteiger partial charge in [-0.25, -0.2) is 15.8 Å². The molecule has 0 aliphatic heterocycles. The van der Waals surface area contributed by atoms with Gasteiger partial charge < -0.3 is 5.43 Å². The predicted octanol–water partition coefficient (Wildman–Crippen LogP) is 3.01. The van der Waals surface area contributed by atoms with E-state index in [1.807, 2.05) is 13.0 Å². The van der Waals surface area contributed by atoms with Crippen molar-refractivity contribution >= 4 is 38.7 Å². The van der Waals surface area contributed by atoms with E-state index in [4.69, 9.17) is 5.84 Å². The Morgan fingerprint density at radius 2 is 2.18 bits per heavy atom. The Labute approximate surface area is 106 Å². The highest BCUT2D eigenvalue weighted by Gasteiger charge is 2.13. The van der Waals surface area contributed by atoms with Gasteiger partial charge in [-0.2, -0.15) is 0 Å². The van der Waals surface area contributed by atoms with Crippen molar-refractivity contribution in [2.75, 3.05) is 5.43 Å². The van der Waals surface area contributed by atoms with E-state index in [1.165, 1.54) is 4.88 Å². The Kier molecular flexibility index (Phi) is 2.54. The monoisotopic (exact) mass is 262 g/mol. The minimum Gasteiger partial charge on any atom is -0.308 e. The van der Waals surface area contributed by atoms with Gasteiger partial charge in [-0.15, -0.1) is 22.7 Å². The lowest BCUT2D eigenvalue weighted by Crippen LogP contribution is -2.10. The number of hydrogen-bond donors (Lipinski definition) is 2. The predicted molar refractivity (Wildman–Crippen MR) is 73.3 cm³/mol. The van der Waals surface area contributed by atoms with Crippen LogP contribution in [0, 0.1) is 6.92 Å². The highest BCUT2D eigenvalue weighted by Crippen LogP contribution is 2.38. The van der Waals surface area contributed by atoms with E-state index in [0.29, 0.717) is 5.82 Å². The summed E-state index contributed by atoms with van der Waals surface area (Å²) in [5, 5.41) is 5.17. The molecule has 0 saturated heterocycles. The molecule has 4 nitrogen and oxygen atoms in total. The maximum absolute atomic E-state index is 5.53. The van der Waals surface area contributed by atoms with Crippen molar-refractivity contribution in [3.05, 3.63) is 28.7 Å². The van der Waals surface area contributed by atoms with Crippen molar-refractivity contribution in [3.63, 3.8) is 0 Å². The number of nitrogen functional groups attached to an aromatic ring is 1. The summed E-state index contributed by atoms with van der Waals surface area (Å²) in [7, 11) is 0. The van der Waals surface area contributed by atoms with Gasteiger partial charge in [-0.05, 0) is 18.4 Å². The third-order valence-corrected chi connectivity index (χ3v) is 4.24. The first-order chi connectivity index (χ1) is 8.29. The van der Waals surface area contributed by atoms with Crippen molar-refractivity contribution in [2.45, 2.75) is 6.92 Å². The van der Waals surface area contributed by atoms with Crippen LogP contribution in [-0.4, -0.2) is 9.97 Å². The first-order valence-corrected chi connectivity index (χ1v) is 6.82. The Morgan fingerprint density at radius 1 is 1.29 bits per heavy atom. The number of nitrogens with one attached hydrogen (secondary N) is 1. The summed E-state index contributed by atoms with van der Waals surface area (Å²) in [6, 6.07) is 4.13. The average molecular weight is 262 g/mol. The lowest BCUT2D eigenvalue weighted by atomic mass is 10.2. The normalized spacial score (nSPS) is 10.9. The molecule has 3 rings (SSSR count). The first-order valence-electron chi connectivity index (χ1n) is 5.06. The van der Waals surface area contributed by atoms with E-state index in [-0.39, 0.29) is 0 Å². The summed E-state index contributed by atoms with van der Waals surface area (Å²) >= 11 is 3.32. The van der Waals surface area contributed by atoms with Crippen molar-refractivity contribution < 1.29 is 0 Å². The molecule has 3 aromatic heterocycles. The van der Waals surface area contributed by atoms with Gasteiger partial charge in [0.15, 0.2) is 5.82 Å². The van der Waals surface area contributed by atoms with E-state index in [2.05, 4.69) is 32.2 Å². The maximum Gasteiger partial charge on any atom is 0.153 e. The van der Waals surface area contributed by atoms with Gasteiger partial charge in [0.1, 0.15) is 10.7 Å². The number of hydrogen-bond acceptors (Lipinski definition) is 6. The minimum absolute atomic E-state index is 0.692. The molecule has 0 aliphatic carbocycles. The lowest BCUT2D eigenvalue weighted by molar-refractivity contribution is 1.09. The zero-order valence-corrected chi connectivity index (χ0v) is 10.7. The fourth-order valence-corrected chi connectivity index (χ4v) is 3.57. The Bertz CT molecular complexity index is 657. The zero-order chi connectivity index (χ0) is 11.8. The SMILES string of the molecule is Cc1nc(NN)c2c(-c3cccs3)csc2n1. The second kappa shape index (κ2) is 4.06. The molecular formula is C11H10N4S2. The maximum atomic E-state index is 5.53. The molecule has 3 N–H and O–H groups in total. The molecule has 3 heterocycles. The quantitative estimate of drug-likeness (QED) is 0.550. The van der Waals surface area contributed by atoms with E-state index < -0.39 is 0 Å². The van der Waals surface area contributed by atoms with Crippen LogP contribution >= 0.6 is 22.7 Å². The molecule has 86 valence electrons. The van der Waals surface area contributed by atoms with Crippen LogP contribution in [0.5, 0.6) is 0 Å². The summed E-state index contributed by atoms with van der Waals surface area (Å²) in [4.78, 5) is 10.9. The number of rotatable bonds is 2. The molecule has 0 saturated carbocycles. The summed E-state index contributed by atoms with van der Waals surface area (Å²) in [5.41, 5.74) is 3.81. The number of anilines is 1. The number of fused-ring (bicyclic) bond motifs is 1. The third kappa shape index (κ3) is 1.70. The fourth-order valence-electron chi connectivity index (χ4n) is 1.77. The van der Waals surface area contributed by atoms with Gasteiger partial charge in [-0.3, -0.25) is 0 Å². The Balaban J connectivity index is 2.34. The minimum atomic E-state index is 0.692. The molecule has 0 unspecified atom stereocenters. The molecule has 0 fully saturated rings. The molecule has 0 aromatic carbocycles. The highest BCUT2D eigenvalue weighted by molar-refractivity contribution is 7.18. The van der Waals surface area contributed by atoms with Crippen molar-refractivity contribution in [1.82, 2.24) is 9.97 Å². The van der Waals surface area contributed by atoms with Crippen LogP contribution in [0.2, 0.25) is 0 Å². The van der Waals surface area contributed by atoms with Crippen LogP contribution in [-0.2, 0) is 0 Å². The number of thiophene rings is 2. The van der Waals surface area contributed by atoms with E-state index in [0.717, 1.165) is 21.6 Å². The largest absolute Gasteiger partial charge is 0.308 e. The highest BCUT2D eigenvalue weighted by atomic mass is 32.1. The number of nitrogens with zero attached hydrogens (tertiary/aromatic N) is 2. The number of hydrazine groups is 1. The molecular weight excluding hydrogens is 252 g/mol. The van der Waals surface area contributed by atoms with E-state index in [9.17, 15) is 0 Å². The molecule has 0 bridgehead atoms. The summed E-state index contributed by atoms with van der Waals surface area (Å²) in [6.07, 6.45) is 0. The van der Waals surface area contributed by atoms with E-state index in [1.54, 1.807) is 22.7 Å². The smallest absolute Gasteiger partial charge is 0.153 e. The van der Waals surface area contributed by atoms with Gasteiger partial charge in [0.25, 0.3) is 0 Å². The van der Waals surface area contributed by atoms with Gasteiger partial charge in [0.05, 0.1) is 5.39 Å². The first kappa shape index (κ1) is 10.6. The van der Waals surface area contributed by atoms with Gasteiger partial charge in [0, 0.05) is 15.8 Å². The molecule has 0 radical (unpaired) electrons. The number of aromatic nitrogens is 2. The Morgan fingerprint density at radius 3 is 2.88 bits per heavy atom. The summed E-state index contributed by atoms with van der Waals surface area (Å²) < 4.78 is 0. The molecule has 17 heavy (non-hydrogen) atoms. The molecule has 0 aliphatic rings. The topological polar surface area (TPSA) is 63.8 Å². The second-order valence-electron chi connectivity index (χ2n) is 3.57. The third-order valence-electron chi connectivity index (χ3n) is 2.47. The van der Waals surface area contributed by atoms with Gasteiger partial charge in [0.2, 0.25) is 0 Å². The van der Waals surface area contributed by atoms with Gasteiger partial charge in [-0.1, -0.05) is 6.07 Å². The summed E-state index contributed by atoms with van der Waals surface area (Å²) in [5.74, 6) is 6.95. The molecule has 0 amide bonds. The number of nitrogens with two attached hydrogens (primary N) is 1. The van der Waals surface area contributed by atoms with Crippen LogP contribution in [0.15, 0.2) is 22.9 Å². The van der Waals surface area contributed by atoms with E-state index >= 15 is 0 Å². The zero-order valence-electron chi connectivity index (χ0n) is 9.10. The number of aryl methyl sites for hydroxylation is 1. The second-order valence-corrected chi connectivity index (χ2v) is 5.38. The van der Waals surface area contributed by atoms with Gasteiger partial charge >= 0.3 is 0 Å². The van der Waals surface area contributed by atoms with Crippen LogP contribution in [0.4, 0.5) is 5.82 Å². The lowest BCUT2D eigenvalue weighted by Gasteiger charge is -2.04. The van der Waals surface area contributed by atoms with Crippen LogP contribution in [0.3, 0.4) is 0 Å². The fraction of sp³-hybridized carbons (Fsp3) is 0.0909. The average Bonchev–Trinajstić information content (AvgIpc) is 2.94. The molecule has 6 heteroatoms. The van der Waals surface area contributed by atoms with Crippen LogP contribution in [0.25, 0.3) is 20.7 Å². The van der Waals surface area contributed by atoms with Crippen LogP contribution < -0.4 is 11.3 Å². The van der Waals surface area contributed by atoms with Crippen molar-refractivity contribution in [3.8, 4) is 10.4 Å². The molecule has 3 aromatic rings. The Hall–Kier alpha value is -1.50. The molecule has 0 spiro atoms. The summed E-state index contributed by atoms with van der Waals surface area (Å²) in [6.45, 7) is 1.87.